The maximum atomic E-state index is 5.50. The van der Waals surface area contributed by atoms with E-state index in [0.717, 1.165) is 38.3 Å². The van der Waals surface area contributed by atoms with E-state index in [9.17, 15) is 0 Å². The average Bonchev–Trinajstić information content (AvgIpc) is 2.99. The molecular formula is C16H23N3O. The van der Waals surface area contributed by atoms with Gasteiger partial charge in [-0.1, -0.05) is 12.1 Å². The zero-order chi connectivity index (χ0) is 14.2. The number of hydrogen-bond donors (Lipinski definition) is 1. The van der Waals surface area contributed by atoms with Gasteiger partial charge in [-0.3, -0.25) is 0 Å². The molecule has 0 fully saturated rings. The number of ether oxygens (including phenoxy) is 1. The van der Waals surface area contributed by atoms with Gasteiger partial charge in [0.1, 0.15) is 5.75 Å². The average molecular weight is 273 g/mol. The number of rotatable bonds is 3. The van der Waals surface area contributed by atoms with Crippen molar-refractivity contribution in [3.8, 4) is 5.75 Å². The van der Waals surface area contributed by atoms with Crippen LogP contribution in [-0.4, -0.2) is 22.7 Å². The highest BCUT2D eigenvalue weighted by Crippen LogP contribution is 2.25. The van der Waals surface area contributed by atoms with Crippen LogP contribution in [0.15, 0.2) is 36.9 Å². The van der Waals surface area contributed by atoms with Crippen LogP contribution >= 0.6 is 0 Å². The Bertz CT molecular complexity index is 508. The quantitative estimate of drug-likeness (QED) is 0.935. The molecule has 0 spiro atoms. The summed E-state index contributed by atoms with van der Waals surface area (Å²) in [5, 5.41) is 0. The van der Waals surface area contributed by atoms with Gasteiger partial charge >= 0.3 is 0 Å². The summed E-state index contributed by atoms with van der Waals surface area (Å²) < 4.78 is 7.52. The van der Waals surface area contributed by atoms with Crippen molar-refractivity contribution < 1.29 is 4.74 Å². The Morgan fingerprint density at radius 1 is 1.40 bits per heavy atom. The smallest absolute Gasteiger partial charge is 0.122 e. The van der Waals surface area contributed by atoms with Gasteiger partial charge < -0.3 is 15.0 Å². The Labute approximate surface area is 120 Å². The van der Waals surface area contributed by atoms with E-state index in [1.54, 1.807) is 12.5 Å². The number of nitrogens with zero attached hydrogens (tertiary/aromatic N) is 2. The minimum atomic E-state index is 0.748. The third kappa shape index (κ3) is 4.38. The Morgan fingerprint density at radius 3 is 3.05 bits per heavy atom. The van der Waals surface area contributed by atoms with Crippen LogP contribution in [0.2, 0.25) is 0 Å². The van der Waals surface area contributed by atoms with Gasteiger partial charge in [0.2, 0.25) is 0 Å². The van der Waals surface area contributed by atoms with E-state index in [2.05, 4.69) is 30.1 Å². The molecule has 0 unspecified atom stereocenters. The van der Waals surface area contributed by atoms with E-state index < -0.39 is 0 Å². The van der Waals surface area contributed by atoms with Crippen molar-refractivity contribution in [3.63, 3.8) is 0 Å². The molecule has 20 heavy (non-hydrogen) atoms. The zero-order valence-corrected chi connectivity index (χ0v) is 12.1. The summed E-state index contributed by atoms with van der Waals surface area (Å²) in [5.74, 6) is 1.09. The molecule has 2 N–H and O–H groups in total. The minimum Gasteiger partial charge on any atom is -0.493 e. The normalized spacial score (nSPS) is 12.9. The predicted octanol–water partition coefficient (Wildman–Crippen LogP) is 2.55. The molecule has 4 nitrogen and oxygen atoms in total. The molecular weight excluding hydrogens is 250 g/mol. The number of fused-ring (bicyclic) bond motifs is 1. The summed E-state index contributed by atoms with van der Waals surface area (Å²) in [7, 11) is 0. The van der Waals surface area contributed by atoms with Crippen LogP contribution < -0.4 is 10.5 Å². The van der Waals surface area contributed by atoms with Gasteiger partial charge in [-0.15, -0.1) is 0 Å². The van der Waals surface area contributed by atoms with Crippen LogP contribution in [0.1, 0.15) is 24.0 Å². The summed E-state index contributed by atoms with van der Waals surface area (Å²) >= 11 is 0. The highest BCUT2D eigenvalue weighted by Gasteiger charge is 2.08. The number of aromatic nitrogens is 2. The van der Waals surface area contributed by atoms with E-state index in [1.165, 1.54) is 17.5 Å². The first kappa shape index (κ1) is 14.6. The molecule has 2 heterocycles. The van der Waals surface area contributed by atoms with Gasteiger partial charge in [0.15, 0.2) is 0 Å². The molecule has 108 valence electrons. The second-order valence-electron chi connectivity index (χ2n) is 5.01. The first-order valence-electron chi connectivity index (χ1n) is 7.17. The number of benzene rings is 1. The molecule has 0 amide bonds. The van der Waals surface area contributed by atoms with Crippen molar-refractivity contribution in [1.82, 2.24) is 9.55 Å². The predicted molar refractivity (Wildman–Crippen MR) is 80.9 cm³/mol. The van der Waals surface area contributed by atoms with Crippen molar-refractivity contribution >= 4 is 0 Å². The highest BCUT2D eigenvalue weighted by atomic mass is 16.5. The molecule has 2 aromatic rings. The van der Waals surface area contributed by atoms with Crippen molar-refractivity contribution in [1.29, 1.82) is 0 Å². The molecule has 1 aromatic carbocycles. The van der Waals surface area contributed by atoms with E-state index in [0.29, 0.717) is 0 Å². The standard InChI is InChI=1S/C10H12O.C6H11N3/c1-8-4-5-9-3-2-6-11-10(9)7-8;7-2-1-4-9-5-3-8-6-9/h4-5,7H,2-3,6H2,1H3;3,5-6H,1-2,4,7H2. The van der Waals surface area contributed by atoms with E-state index in [1.807, 2.05) is 10.8 Å². The molecule has 0 saturated heterocycles. The molecule has 0 saturated carbocycles. The molecule has 4 heteroatoms. The summed E-state index contributed by atoms with van der Waals surface area (Å²) in [6, 6.07) is 6.44. The zero-order valence-electron chi connectivity index (χ0n) is 12.1. The number of nitrogens with two attached hydrogens (primary N) is 1. The van der Waals surface area contributed by atoms with Gasteiger partial charge in [0.25, 0.3) is 0 Å². The van der Waals surface area contributed by atoms with Gasteiger partial charge in [-0.2, -0.15) is 0 Å². The largest absolute Gasteiger partial charge is 0.493 e. The van der Waals surface area contributed by atoms with Crippen LogP contribution in [0.5, 0.6) is 5.75 Å². The lowest BCUT2D eigenvalue weighted by molar-refractivity contribution is 0.288. The second-order valence-corrected chi connectivity index (χ2v) is 5.01. The Balaban J connectivity index is 0.000000151. The lowest BCUT2D eigenvalue weighted by atomic mass is 10.0. The fraction of sp³-hybridized carbons (Fsp3) is 0.438. The highest BCUT2D eigenvalue weighted by molar-refractivity contribution is 5.38. The van der Waals surface area contributed by atoms with Crippen LogP contribution in [0.4, 0.5) is 0 Å². The van der Waals surface area contributed by atoms with Crippen molar-refractivity contribution in [3.05, 3.63) is 48.0 Å². The van der Waals surface area contributed by atoms with Crippen LogP contribution in [-0.2, 0) is 13.0 Å². The Morgan fingerprint density at radius 2 is 2.30 bits per heavy atom. The van der Waals surface area contributed by atoms with Crippen molar-refractivity contribution in [2.45, 2.75) is 32.7 Å². The number of hydrogen-bond acceptors (Lipinski definition) is 3. The third-order valence-corrected chi connectivity index (χ3v) is 3.25. The molecule has 0 radical (unpaired) electrons. The van der Waals surface area contributed by atoms with Crippen LogP contribution in [0.3, 0.4) is 0 Å². The fourth-order valence-electron chi connectivity index (χ4n) is 2.14. The molecule has 1 aliphatic heterocycles. The summed E-state index contributed by atoms with van der Waals surface area (Å²) in [6.45, 7) is 4.71. The van der Waals surface area contributed by atoms with Crippen LogP contribution in [0.25, 0.3) is 0 Å². The second kappa shape index (κ2) is 7.70. The van der Waals surface area contributed by atoms with Crippen molar-refractivity contribution in [2.24, 2.45) is 5.73 Å². The monoisotopic (exact) mass is 273 g/mol. The fourth-order valence-corrected chi connectivity index (χ4v) is 2.14. The molecule has 0 bridgehead atoms. The Kier molecular flexibility index (Phi) is 5.62. The summed E-state index contributed by atoms with van der Waals surface area (Å²) in [4.78, 5) is 3.90. The SMILES string of the molecule is Cc1ccc2c(c1)OCCC2.NCCCn1ccnc1. The van der Waals surface area contributed by atoms with Gasteiger partial charge in [-0.05, 0) is 49.9 Å². The number of aryl methyl sites for hydroxylation is 3. The van der Waals surface area contributed by atoms with E-state index >= 15 is 0 Å². The van der Waals surface area contributed by atoms with E-state index in [4.69, 9.17) is 10.5 Å². The number of imidazole rings is 1. The Hall–Kier alpha value is -1.81. The topological polar surface area (TPSA) is 53.1 Å². The van der Waals surface area contributed by atoms with Gasteiger partial charge in [0, 0.05) is 18.9 Å². The third-order valence-electron chi connectivity index (χ3n) is 3.25. The molecule has 0 atom stereocenters. The first-order valence-corrected chi connectivity index (χ1v) is 7.17. The molecule has 1 aliphatic rings. The van der Waals surface area contributed by atoms with Gasteiger partial charge in [-0.25, -0.2) is 4.98 Å². The minimum absolute atomic E-state index is 0.748. The lowest BCUT2D eigenvalue weighted by Crippen LogP contribution is -2.07. The summed E-state index contributed by atoms with van der Waals surface area (Å²) in [5.41, 5.74) is 7.96. The van der Waals surface area contributed by atoms with Crippen molar-refractivity contribution in [2.75, 3.05) is 13.2 Å². The maximum absolute atomic E-state index is 5.50. The van der Waals surface area contributed by atoms with Crippen LogP contribution in [0, 0.1) is 6.92 Å². The summed E-state index contributed by atoms with van der Waals surface area (Å²) in [6.07, 6.45) is 8.88. The van der Waals surface area contributed by atoms with E-state index in [-0.39, 0.29) is 0 Å². The molecule has 3 rings (SSSR count). The first-order chi connectivity index (χ1) is 9.79. The molecule has 0 aliphatic carbocycles. The maximum Gasteiger partial charge on any atom is 0.122 e. The lowest BCUT2D eigenvalue weighted by Gasteiger charge is -2.16. The van der Waals surface area contributed by atoms with Gasteiger partial charge in [0.05, 0.1) is 12.9 Å². The molecule has 1 aromatic heterocycles.